The van der Waals surface area contributed by atoms with Gasteiger partial charge in [-0.25, -0.2) is 4.79 Å². The van der Waals surface area contributed by atoms with Gasteiger partial charge in [-0.1, -0.05) is 18.2 Å². The average molecular weight is 229 g/mol. The van der Waals surface area contributed by atoms with E-state index in [1.54, 1.807) is 12.1 Å². The number of amides is 1. The number of hydrogen-bond donors (Lipinski definition) is 2. The lowest BCUT2D eigenvalue weighted by molar-refractivity contribution is 0.177. The molecular weight excluding hydrogens is 218 g/mol. The molecule has 2 N–H and O–H groups in total. The lowest BCUT2D eigenvalue weighted by Crippen LogP contribution is -2.18. The van der Waals surface area contributed by atoms with Crippen LogP contribution in [0.25, 0.3) is 10.8 Å². The summed E-state index contributed by atoms with van der Waals surface area (Å²) in [6.07, 6.45) is -0.374. The Kier molecular flexibility index (Phi) is 2.14. The third-order valence-electron chi connectivity index (χ3n) is 2.92. The predicted octanol–water partition coefficient (Wildman–Crippen LogP) is 2.33. The number of cyclic esters (lactones) is 1. The first-order chi connectivity index (χ1) is 8.22. The molecule has 0 radical (unpaired) electrons. The van der Waals surface area contributed by atoms with E-state index in [9.17, 15) is 9.90 Å². The molecule has 0 saturated carbocycles. The Bertz CT molecular complexity index is 594. The minimum atomic E-state index is -0.374. The summed E-state index contributed by atoms with van der Waals surface area (Å²) in [5.74, 6) is 0.253. The Morgan fingerprint density at radius 1 is 1.18 bits per heavy atom. The van der Waals surface area contributed by atoms with Crippen molar-refractivity contribution >= 4 is 16.9 Å². The Balaban J connectivity index is 2.02. The van der Waals surface area contributed by atoms with Crippen molar-refractivity contribution in [3.05, 3.63) is 42.0 Å². The Labute approximate surface area is 97.8 Å². The highest BCUT2D eigenvalue weighted by atomic mass is 16.6. The largest absolute Gasteiger partial charge is 0.508 e. The van der Waals surface area contributed by atoms with Gasteiger partial charge in [0.05, 0.1) is 6.04 Å². The number of phenols is 1. The molecule has 86 valence electrons. The van der Waals surface area contributed by atoms with E-state index < -0.39 is 0 Å². The molecule has 0 bridgehead atoms. The van der Waals surface area contributed by atoms with Crippen LogP contribution in [0.3, 0.4) is 0 Å². The highest BCUT2D eigenvalue weighted by molar-refractivity contribution is 5.84. The van der Waals surface area contributed by atoms with Crippen molar-refractivity contribution in [1.82, 2.24) is 5.32 Å². The maximum Gasteiger partial charge on any atom is 0.407 e. The van der Waals surface area contributed by atoms with Gasteiger partial charge in [0.25, 0.3) is 0 Å². The second-order valence-corrected chi connectivity index (χ2v) is 4.09. The van der Waals surface area contributed by atoms with Gasteiger partial charge in [0, 0.05) is 0 Å². The number of rotatable bonds is 1. The van der Waals surface area contributed by atoms with Crippen molar-refractivity contribution in [2.75, 3.05) is 6.61 Å². The second-order valence-electron chi connectivity index (χ2n) is 4.09. The molecule has 0 aliphatic carbocycles. The van der Waals surface area contributed by atoms with Crippen LogP contribution >= 0.6 is 0 Å². The molecule has 4 heteroatoms. The van der Waals surface area contributed by atoms with Crippen molar-refractivity contribution in [2.24, 2.45) is 0 Å². The van der Waals surface area contributed by atoms with Crippen LogP contribution in [-0.2, 0) is 4.74 Å². The molecule has 0 aromatic heterocycles. The molecule has 4 nitrogen and oxygen atoms in total. The van der Waals surface area contributed by atoms with Crippen LogP contribution in [0.2, 0.25) is 0 Å². The summed E-state index contributed by atoms with van der Waals surface area (Å²) in [5.41, 5.74) is 1.01. The smallest absolute Gasteiger partial charge is 0.407 e. The predicted molar refractivity (Wildman–Crippen MR) is 62.8 cm³/mol. The summed E-state index contributed by atoms with van der Waals surface area (Å²) in [5, 5.41) is 14.1. The van der Waals surface area contributed by atoms with E-state index in [0.717, 1.165) is 16.3 Å². The van der Waals surface area contributed by atoms with Gasteiger partial charge in [-0.05, 0) is 34.5 Å². The lowest BCUT2D eigenvalue weighted by atomic mass is 10.0. The quantitative estimate of drug-likeness (QED) is 0.789. The number of ether oxygens (including phenoxy) is 1. The van der Waals surface area contributed by atoms with E-state index in [-0.39, 0.29) is 17.9 Å². The Hall–Kier alpha value is -2.23. The number of nitrogens with one attached hydrogen (secondary N) is 1. The third kappa shape index (κ3) is 1.78. The highest BCUT2D eigenvalue weighted by Crippen LogP contribution is 2.25. The summed E-state index contributed by atoms with van der Waals surface area (Å²) in [6, 6.07) is 11.0. The molecule has 1 aliphatic rings. The summed E-state index contributed by atoms with van der Waals surface area (Å²) < 4.78 is 4.86. The first kappa shape index (κ1) is 9.96. The van der Waals surface area contributed by atoms with Crippen LogP contribution in [-0.4, -0.2) is 17.8 Å². The van der Waals surface area contributed by atoms with Crippen LogP contribution in [0.1, 0.15) is 11.6 Å². The maximum absolute atomic E-state index is 11.0. The van der Waals surface area contributed by atoms with E-state index in [1.165, 1.54) is 0 Å². The van der Waals surface area contributed by atoms with Crippen LogP contribution in [0.15, 0.2) is 36.4 Å². The van der Waals surface area contributed by atoms with Gasteiger partial charge in [-0.15, -0.1) is 0 Å². The van der Waals surface area contributed by atoms with E-state index in [2.05, 4.69) is 5.32 Å². The number of fused-ring (bicyclic) bond motifs is 1. The van der Waals surface area contributed by atoms with Crippen LogP contribution in [0, 0.1) is 0 Å². The van der Waals surface area contributed by atoms with Crippen LogP contribution in [0.5, 0.6) is 5.75 Å². The fourth-order valence-electron chi connectivity index (χ4n) is 2.03. The van der Waals surface area contributed by atoms with Gasteiger partial charge >= 0.3 is 6.09 Å². The fraction of sp³-hybridized carbons (Fsp3) is 0.154. The molecule has 2 aromatic carbocycles. The third-order valence-corrected chi connectivity index (χ3v) is 2.92. The molecule has 1 saturated heterocycles. The number of benzene rings is 2. The summed E-state index contributed by atoms with van der Waals surface area (Å²) in [4.78, 5) is 11.0. The van der Waals surface area contributed by atoms with Crippen molar-refractivity contribution in [1.29, 1.82) is 0 Å². The first-order valence-electron chi connectivity index (χ1n) is 5.38. The van der Waals surface area contributed by atoms with Crippen LogP contribution in [0.4, 0.5) is 4.79 Å². The van der Waals surface area contributed by atoms with E-state index in [4.69, 9.17) is 4.74 Å². The average Bonchev–Trinajstić information content (AvgIpc) is 2.75. The van der Waals surface area contributed by atoms with Crippen molar-refractivity contribution < 1.29 is 14.6 Å². The minimum absolute atomic E-state index is 0.0827. The van der Waals surface area contributed by atoms with E-state index >= 15 is 0 Å². The summed E-state index contributed by atoms with van der Waals surface area (Å²) in [6.45, 7) is 0.364. The van der Waals surface area contributed by atoms with Gasteiger partial charge in [0.2, 0.25) is 0 Å². The highest BCUT2D eigenvalue weighted by Gasteiger charge is 2.23. The molecule has 1 amide bonds. The molecule has 2 aromatic rings. The maximum atomic E-state index is 11.0. The fourth-order valence-corrected chi connectivity index (χ4v) is 2.03. The van der Waals surface area contributed by atoms with Gasteiger partial charge < -0.3 is 15.2 Å². The van der Waals surface area contributed by atoms with Crippen molar-refractivity contribution in [2.45, 2.75) is 6.04 Å². The van der Waals surface area contributed by atoms with E-state index in [1.807, 2.05) is 24.3 Å². The van der Waals surface area contributed by atoms with Crippen LogP contribution < -0.4 is 5.32 Å². The number of carbonyl (C=O) groups is 1. The van der Waals surface area contributed by atoms with Crippen molar-refractivity contribution in [3.8, 4) is 5.75 Å². The SMILES string of the molecule is O=C1N[C@H](c2ccc3cc(O)ccc3c2)CO1. The van der Waals surface area contributed by atoms with Gasteiger partial charge in [-0.3, -0.25) is 0 Å². The number of alkyl carbamates (subject to hydrolysis) is 1. The normalized spacial score (nSPS) is 19.1. The molecule has 1 atom stereocenters. The second kappa shape index (κ2) is 3.66. The molecule has 1 fully saturated rings. The van der Waals surface area contributed by atoms with Gasteiger partial charge in [0.15, 0.2) is 0 Å². The monoisotopic (exact) mass is 229 g/mol. The number of carbonyl (C=O) groups excluding carboxylic acids is 1. The molecular formula is C13H11NO3. The minimum Gasteiger partial charge on any atom is -0.508 e. The Morgan fingerprint density at radius 2 is 1.94 bits per heavy atom. The standard InChI is InChI=1S/C13H11NO3/c15-11-4-3-8-5-10(2-1-9(8)6-11)12-7-17-13(16)14-12/h1-6,12,15H,7H2,(H,14,16)/t12-/m0/s1. The summed E-state index contributed by atoms with van der Waals surface area (Å²) >= 11 is 0. The number of phenolic OH excluding ortho intramolecular Hbond substituents is 1. The van der Waals surface area contributed by atoms with Gasteiger partial charge in [-0.2, -0.15) is 0 Å². The zero-order valence-electron chi connectivity index (χ0n) is 9.01. The zero-order chi connectivity index (χ0) is 11.8. The molecule has 3 rings (SSSR count). The van der Waals surface area contributed by atoms with Gasteiger partial charge in [0.1, 0.15) is 12.4 Å². The number of aromatic hydroxyl groups is 1. The van der Waals surface area contributed by atoms with Crippen molar-refractivity contribution in [3.63, 3.8) is 0 Å². The molecule has 17 heavy (non-hydrogen) atoms. The number of hydrogen-bond acceptors (Lipinski definition) is 3. The molecule has 0 spiro atoms. The lowest BCUT2D eigenvalue weighted by Gasteiger charge is -2.09. The van der Waals surface area contributed by atoms with E-state index in [0.29, 0.717) is 6.61 Å². The first-order valence-corrected chi connectivity index (χ1v) is 5.38. The molecule has 1 heterocycles. The Morgan fingerprint density at radius 3 is 2.71 bits per heavy atom. The molecule has 0 unspecified atom stereocenters. The zero-order valence-corrected chi connectivity index (χ0v) is 9.01. The topological polar surface area (TPSA) is 58.6 Å². The molecule has 1 aliphatic heterocycles. The summed E-state index contributed by atoms with van der Waals surface area (Å²) in [7, 11) is 0.